The Kier molecular flexibility index (Phi) is 5.16. The normalized spacial score (nSPS) is 15.1. The van der Waals surface area contributed by atoms with Gasteiger partial charge in [-0.25, -0.2) is 0 Å². The summed E-state index contributed by atoms with van der Waals surface area (Å²) >= 11 is 0. The number of amides is 1. The van der Waals surface area contributed by atoms with Gasteiger partial charge in [0.25, 0.3) is 5.91 Å². The summed E-state index contributed by atoms with van der Waals surface area (Å²) in [6, 6.07) is 15.8. The molecule has 0 aliphatic carbocycles. The predicted molar refractivity (Wildman–Crippen MR) is 93.0 cm³/mol. The Morgan fingerprint density at radius 2 is 1.96 bits per heavy atom. The van der Waals surface area contributed by atoms with Crippen LogP contribution >= 0.6 is 0 Å². The number of ether oxygens (including phenoxy) is 2. The molecule has 1 heterocycles. The molecule has 1 aliphatic heterocycles. The number of carbonyl (C=O) groups is 1. The molecule has 0 fully saturated rings. The van der Waals surface area contributed by atoms with Gasteiger partial charge in [0, 0.05) is 19.2 Å². The molecule has 0 N–H and O–H groups in total. The molecule has 1 unspecified atom stereocenters. The number of benzene rings is 2. The van der Waals surface area contributed by atoms with Crippen molar-refractivity contribution in [3.8, 4) is 5.75 Å². The van der Waals surface area contributed by atoms with Crippen molar-refractivity contribution in [1.29, 1.82) is 0 Å². The Morgan fingerprint density at radius 3 is 2.67 bits per heavy atom. The summed E-state index contributed by atoms with van der Waals surface area (Å²) in [6.07, 6.45) is 1.46. The second kappa shape index (κ2) is 7.49. The Hall–Kier alpha value is -2.33. The minimum absolute atomic E-state index is 0.0413. The van der Waals surface area contributed by atoms with Gasteiger partial charge in [-0.05, 0) is 42.2 Å². The lowest BCUT2D eigenvalue weighted by atomic mass is 9.98. The van der Waals surface area contributed by atoms with Crippen LogP contribution in [0, 0.1) is 0 Å². The topological polar surface area (TPSA) is 38.8 Å². The molecule has 0 spiro atoms. The summed E-state index contributed by atoms with van der Waals surface area (Å²) in [7, 11) is 1.65. The monoisotopic (exact) mass is 325 g/mol. The lowest BCUT2D eigenvalue weighted by Gasteiger charge is -2.34. The first kappa shape index (κ1) is 16.5. The number of nitrogens with zero attached hydrogens (tertiary/aromatic N) is 1. The van der Waals surface area contributed by atoms with Gasteiger partial charge < -0.3 is 14.4 Å². The molecule has 0 aromatic heterocycles. The lowest BCUT2D eigenvalue weighted by Crippen LogP contribution is -2.45. The van der Waals surface area contributed by atoms with Gasteiger partial charge in [0.2, 0.25) is 0 Å². The van der Waals surface area contributed by atoms with E-state index in [1.54, 1.807) is 7.11 Å². The minimum atomic E-state index is -0.153. The molecule has 4 nitrogen and oxygen atoms in total. The van der Waals surface area contributed by atoms with E-state index >= 15 is 0 Å². The highest BCUT2D eigenvalue weighted by molar-refractivity contribution is 5.97. The third-order valence-corrected chi connectivity index (χ3v) is 4.41. The van der Waals surface area contributed by atoms with Crippen molar-refractivity contribution in [1.82, 2.24) is 4.90 Å². The van der Waals surface area contributed by atoms with Gasteiger partial charge >= 0.3 is 0 Å². The van der Waals surface area contributed by atoms with Crippen LogP contribution in [0.2, 0.25) is 0 Å². The maximum atomic E-state index is 12.7. The second-order valence-electron chi connectivity index (χ2n) is 5.94. The zero-order valence-electron chi connectivity index (χ0n) is 14.2. The molecule has 4 heteroatoms. The molecule has 2 aromatic carbocycles. The molecule has 2 aromatic rings. The first-order valence-corrected chi connectivity index (χ1v) is 8.36. The Bertz CT molecular complexity index is 695. The third kappa shape index (κ3) is 3.44. The molecule has 0 saturated heterocycles. The number of hydrogen-bond donors (Lipinski definition) is 0. The van der Waals surface area contributed by atoms with Crippen LogP contribution in [0.1, 0.15) is 34.8 Å². The highest BCUT2D eigenvalue weighted by atomic mass is 16.5. The minimum Gasteiger partial charge on any atom is -0.489 e. The molecule has 24 heavy (non-hydrogen) atoms. The van der Waals surface area contributed by atoms with Crippen molar-refractivity contribution in [2.45, 2.75) is 32.6 Å². The Morgan fingerprint density at radius 1 is 1.17 bits per heavy atom. The number of methoxy groups -OCH3 is 1. The van der Waals surface area contributed by atoms with E-state index in [4.69, 9.17) is 9.47 Å². The van der Waals surface area contributed by atoms with E-state index in [2.05, 4.69) is 0 Å². The largest absolute Gasteiger partial charge is 0.489 e. The third-order valence-electron chi connectivity index (χ3n) is 4.41. The average molecular weight is 325 g/mol. The quantitative estimate of drug-likeness (QED) is 0.814. The van der Waals surface area contributed by atoms with Crippen LogP contribution in [0.3, 0.4) is 0 Å². The molecule has 1 atom stereocenters. The molecule has 1 amide bonds. The lowest BCUT2D eigenvalue weighted by molar-refractivity contribution is -0.0239. The molecule has 0 radical (unpaired) electrons. The molecule has 126 valence electrons. The summed E-state index contributed by atoms with van der Waals surface area (Å²) in [6.45, 7) is 3.24. The van der Waals surface area contributed by atoms with Crippen molar-refractivity contribution < 1.29 is 14.3 Å². The first-order chi connectivity index (χ1) is 11.7. The number of hydrogen-bond acceptors (Lipinski definition) is 3. The van der Waals surface area contributed by atoms with Gasteiger partial charge in [-0.2, -0.15) is 0 Å². The Labute approximate surface area is 143 Å². The SMILES string of the molecule is CCC(OC)N1CCc2cc(OCc3ccccc3)ccc2C1=O. The van der Waals surface area contributed by atoms with E-state index in [1.807, 2.05) is 60.4 Å². The van der Waals surface area contributed by atoms with Gasteiger partial charge in [0.1, 0.15) is 18.6 Å². The molecular formula is C20H23NO3. The first-order valence-electron chi connectivity index (χ1n) is 8.36. The van der Waals surface area contributed by atoms with Crippen LogP contribution in [0.5, 0.6) is 5.75 Å². The number of fused-ring (bicyclic) bond motifs is 1. The van der Waals surface area contributed by atoms with E-state index < -0.39 is 0 Å². The van der Waals surface area contributed by atoms with Gasteiger partial charge in [0.05, 0.1) is 0 Å². The van der Waals surface area contributed by atoms with E-state index in [9.17, 15) is 4.79 Å². The summed E-state index contributed by atoms with van der Waals surface area (Å²) < 4.78 is 11.3. The van der Waals surface area contributed by atoms with Crippen LogP contribution in [0.4, 0.5) is 0 Å². The van der Waals surface area contributed by atoms with Crippen molar-refractivity contribution in [2.75, 3.05) is 13.7 Å². The van der Waals surface area contributed by atoms with Crippen molar-refractivity contribution in [3.05, 3.63) is 65.2 Å². The zero-order valence-corrected chi connectivity index (χ0v) is 14.2. The number of rotatable bonds is 6. The molecular weight excluding hydrogens is 302 g/mol. The van der Waals surface area contributed by atoms with Crippen molar-refractivity contribution >= 4 is 5.91 Å². The van der Waals surface area contributed by atoms with Crippen LogP contribution < -0.4 is 4.74 Å². The van der Waals surface area contributed by atoms with Gasteiger partial charge in [-0.3, -0.25) is 4.79 Å². The number of carbonyl (C=O) groups excluding carboxylic acids is 1. The predicted octanol–water partition coefficient (Wildman–Crippen LogP) is 3.65. The van der Waals surface area contributed by atoms with E-state index in [0.29, 0.717) is 13.2 Å². The van der Waals surface area contributed by atoms with Crippen LogP contribution in [-0.4, -0.2) is 30.7 Å². The van der Waals surface area contributed by atoms with Crippen molar-refractivity contribution in [2.24, 2.45) is 0 Å². The average Bonchev–Trinajstić information content (AvgIpc) is 2.63. The highest BCUT2D eigenvalue weighted by Crippen LogP contribution is 2.26. The molecule has 3 rings (SSSR count). The summed E-state index contributed by atoms with van der Waals surface area (Å²) in [5.74, 6) is 0.845. The van der Waals surface area contributed by atoms with Gasteiger partial charge in [0.15, 0.2) is 0 Å². The maximum absolute atomic E-state index is 12.7. The zero-order chi connectivity index (χ0) is 16.9. The smallest absolute Gasteiger partial charge is 0.256 e. The van der Waals surface area contributed by atoms with E-state index in [1.165, 1.54) is 0 Å². The summed E-state index contributed by atoms with van der Waals surface area (Å²) in [5.41, 5.74) is 2.93. The molecule has 1 aliphatic rings. The molecule has 0 saturated carbocycles. The summed E-state index contributed by atoms with van der Waals surface area (Å²) in [5, 5.41) is 0. The van der Waals surface area contributed by atoms with Crippen LogP contribution in [-0.2, 0) is 17.8 Å². The highest BCUT2D eigenvalue weighted by Gasteiger charge is 2.29. The molecule has 0 bridgehead atoms. The van der Waals surface area contributed by atoms with E-state index in [0.717, 1.165) is 35.3 Å². The fourth-order valence-corrected chi connectivity index (χ4v) is 3.10. The van der Waals surface area contributed by atoms with Gasteiger partial charge in [-0.1, -0.05) is 37.3 Å². The summed E-state index contributed by atoms with van der Waals surface area (Å²) in [4.78, 5) is 14.5. The van der Waals surface area contributed by atoms with Gasteiger partial charge in [-0.15, -0.1) is 0 Å². The standard InChI is InChI=1S/C20H23NO3/c1-3-19(23-2)21-12-11-16-13-17(9-10-18(16)20(21)22)24-14-15-7-5-4-6-8-15/h4-10,13,19H,3,11-12,14H2,1-2H3. The van der Waals surface area contributed by atoms with Crippen LogP contribution in [0.25, 0.3) is 0 Å². The Balaban J connectivity index is 1.72. The second-order valence-corrected chi connectivity index (χ2v) is 5.94. The maximum Gasteiger partial charge on any atom is 0.256 e. The van der Waals surface area contributed by atoms with Crippen molar-refractivity contribution in [3.63, 3.8) is 0 Å². The van der Waals surface area contributed by atoms with E-state index in [-0.39, 0.29) is 12.1 Å². The fourth-order valence-electron chi connectivity index (χ4n) is 3.10. The van der Waals surface area contributed by atoms with Crippen LogP contribution in [0.15, 0.2) is 48.5 Å². The fraction of sp³-hybridized carbons (Fsp3) is 0.350.